The Morgan fingerprint density at radius 2 is 1.84 bits per heavy atom. The van der Waals surface area contributed by atoms with Crippen molar-refractivity contribution >= 4 is 23.5 Å². The summed E-state index contributed by atoms with van der Waals surface area (Å²) in [6.07, 6.45) is 9.14. The van der Waals surface area contributed by atoms with Crippen LogP contribution in [0.4, 0.5) is 22.2 Å². The van der Waals surface area contributed by atoms with Gasteiger partial charge in [-0.2, -0.15) is 15.3 Å². The maximum absolute atomic E-state index is 13.7. The van der Waals surface area contributed by atoms with Crippen LogP contribution in [0.2, 0.25) is 0 Å². The number of hydrogen-bond donors (Lipinski definition) is 4. The monoisotopic (exact) mass is 579 g/mol. The van der Waals surface area contributed by atoms with Gasteiger partial charge in [-0.15, -0.1) is 0 Å². The van der Waals surface area contributed by atoms with Crippen molar-refractivity contribution in [1.82, 2.24) is 25.1 Å². The van der Waals surface area contributed by atoms with Gasteiger partial charge in [-0.1, -0.05) is 42.5 Å². The summed E-state index contributed by atoms with van der Waals surface area (Å²) in [6, 6.07) is 20.1. The first-order valence-corrected chi connectivity index (χ1v) is 14.6. The smallest absolute Gasteiger partial charge is 0.322 e. The summed E-state index contributed by atoms with van der Waals surface area (Å²) in [6.45, 7) is 1.02. The molecule has 0 aliphatic heterocycles. The number of nitriles is 1. The first-order chi connectivity index (χ1) is 21.0. The molecule has 0 spiro atoms. The van der Waals surface area contributed by atoms with Gasteiger partial charge >= 0.3 is 6.03 Å². The Labute approximate surface area is 251 Å². The summed E-state index contributed by atoms with van der Waals surface area (Å²) >= 11 is 0. The van der Waals surface area contributed by atoms with Crippen molar-refractivity contribution in [3.63, 3.8) is 0 Å². The number of nitrogens with one attached hydrogen (secondary N) is 3. The van der Waals surface area contributed by atoms with Gasteiger partial charge in [0.2, 0.25) is 5.95 Å². The molecule has 11 heteroatoms. The van der Waals surface area contributed by atoms with Crippen LogP contribution >= 0.6 is 0 Å². The van der Waals surface area contributed by atoms with Crippen LogP contribution in [0.1, 0.15) is 43.2 Å². The lowest BCUT2D eigenvalue weighted by Crippen LogP contribution is -2.48. The van der Waals surface area contributed by atoms with E-state index in [9.17, 15) is 10.1 Å². The molecule has 4 aromatic rings. The molecule has 222 valence electrons. The number of benzene rings is 2. The lowest BCUT2D eigenvalue weighted by atomic mass is 9.90. The van der Waals surface area contributed by atoms with Crippen LogP contribution in [-0.2, 0) is 13.6 Å². The predicted molar refractivity (Wildman–Crippen MR) is 166 cm³/mol. The lowest BCUT2D eigenvalue weighted by Gasteiger charge is -2.37. The van der Waals surface area contributed by atoms with Gasteiger partial charge in [0.1, 0.15) is 17.5 Å². The fourth-order valence-electron chi connectivity index (χ4n) is 5.35. The third-order valence-corrected chi connectivity index (χ3v) is 7.62. The van der Waals surface area contributed by atoms with Gasteiger partial charge in [-0.05, 0) is 55.4 Å². The molecule has 2 amide bonds. The largest absolute Gasteiger partial charge is 0.396 e. The molecule has 0 bridgehead atoms. The average Bonchev–Trinajstić information content (AvgIpc) is 3.48. The lowest BCUT2D eigenvalue weighted by molar-refractivity contribution is 0.240. The van der Waals surface area contributed by atoms with E-state index in [1.165, 1.54) is 6.20 Å². The Kier molecular flexibility index (Phi) is 9.82. The molecule has 2 heterocycles. The van der Waals surface area contributed by atoms with E-state index in [0.29, 0.717) is 36.8 Å². The molecule has 0 radical (unpaired) electrons. The topological polar surface area (TPSA) is 144 Å². The van der Waals surface area contributed by atoms with E-state index in [1.807, 2.05) is 78.9 Å². The Bertz CT molecular complexity index is 1520. The second-order valence-electron chi connectivity index (χ2n) is 10.7. The van der Waals surface area contributed by atoms with Crippen molar-refractivity contribution in [2.45, 2.75) is 50.7 Å². The normalized spacial score (nSPS) is 16.2. The highest BCUT2D eigenvalue weighted by molar-refractivity contribution is 5.93. The van der Waals surface area contributed by atoms with Crippen LogP contribution in [0.25, 0.3) is 11.1 Å². The van der Waals surface area contributed by atoms with E-state index < -0.39 is 0 Å². The number of nitrogens with zero attached hydrogens (tertiary/aromatic N) is 6. The first-order valence-electron chi connectivity index (χ1n) is 14.6. The third kappa shape index (κ3) is 7.67. The molecule has 0 unspecified atom stereocenters. The molecule has 5 rings (SSSR count). The summed E-state index contributed by atoms with van der Waals surface area (Å²) in [5.41, 5.74) is 4.32. The van der Waals surface area contributed by atoms with Gasteiger partial charge in [-0.25, -0.2) is 9.78 Å². The summed E-state index contributed by atoms with van der Waals surface area (Å²) in [4.78, 5) is 24.4. The van der Waals surface area contributed by atoms with Crippen molar-refractivity contribution in [3.8, 4) is 17.2 Å². The number of urea groups is 1. The second kappa shape index (κ2) is 14.3. The molecule has 2 aromatic carbocycles. The van der Waals surface area contributed by atoms with Gasteiger partial charge in [-0.3, -0.25) is 9.58 Å². The highest BCUT2D eigenvalue weighted by atomic mass is 16.3. The summed E-state index contributed by atoms with van der Waals surface area (Å²) in [5.74, 6) is 0.913. The zero-order chi connectivity index (χ0) is 30.0. The zero-order valence-corrected chi connectivity index (χ0v) is 24.3. The number of carbonyl (C=O) groups is 1. The molecule has 4 N–H and O–H groups in total. The van der Waals surface area contributed by atoms with E-state index in [4.69, 9.17) is 5.11 Å². The van der Waals surface area contributed by atoms with E-state index >= 15 is 0 Å². The molecule has 11 nitrogen and oxygen atoms in total. The molecule has 43 heavy (non-hydrogen) atoms. The Hall–Kier alpha value is -4.95. The van der Waals surface area contributed by atoms with Crippen LogP contribution < -0.4 is 20.9 Å². The number of aromatic nitrogens is 4. The quantitative estimate of drug-likeness (QED) is 0.188. The minimum atomic E-state index is -0.122. The molecule has 1 aliphatic carbocycles. The highest BCUT2D eigenvalue weighted by Crippen LogP contribution is 2.31. The van der Waals surface area contributed by atoms with Gasteiger partial charge in [0, 0.05) is 56.3 Å². The predicted octanol–water partition coefficient (Wildman–Crippen LogP) is 4.68. The number of amides is 2. The fourth-order valence-corrected chi connectivity index (χ4v) is 5.35. The number of aliphatic hydroxyl groups is 1. The van der Waals surface area contributed by atoms with Crippen molar-refractivity contribution in [1.29, 1.82) is 5.26 Å². The van der Waals surface area contributed by atoms with Crippen molar-refractivity contribution in [3.05, 3.63) is 84.3 Å². The Morgan fingerprint density at radius 3 is 2.51 bits per heavy atom. The Balaban J connectivity index is 1.27. The van der Waals surface area contributed by atoms with Crippen molar-refractivity contribution in [2.24, 2.45) is 7.05 Å². The molecule has 0 saturated heterocycles. The van der Waals surface area contributed by atoms with Gasteiger partial charge < -0.3 is 21.1 Å². The fraction of sp³-hybridized carbons (Fsp3) is 0.344. The first kappa shape index (κ1) is 29.5. The number of rotatable bonds is 11. The van der Waals surface area contributed by atoms with Crippen molar-refractivity contribution < 1.29 is 9.90 Å². The number of aliphatic hydroxyl groups excluding tert-OH is 1. The van der Waals surface area contributed by atoms with E-state index in [-0.39, 0.29) is 24.7 Å². The maximum Gasteiger partial charge on any atom is 0.322 e. The average molecular weight is 580 g/mol. The molecular weight excluding hydrogens is 542 g/mol. The van der Waals surface area contributed by atoms with E-state index in [0.717, 1.165) is 48.1 Å². The molecule has 1 saturated carbocycles. The maximum atomic E-state index is 13.7. The molecule has 1 fully saturated rings. The molecule has 0 atom stereocenters. The van der Waals surface area contributed by atoms with E-state index in [2.05, 4.69) is 37.1 Å². The summed E-state index contributed by atoms with van der Waals surface area (Å²) < 4.78 is 1.77. The van der Waals surface area contributed by atoms with Crippen LogP contribution in [0.15, 0.2) is 73.2 Å². The highest BCUT2D eigenvalue weighted by Gasteiger charge is 2.30. The van der Waals surface area contributed by atoms with Crippen LogP contribution in [0, 0.1) is 11.3 Å². The Morgan fingerprint density at radius 1 is 1.07 bits per heavy atom. The zero-order valence-electron chi connectivity index (χ0n) is 24.3. The third-order valence-electron chi connectivity index (χ3n) is 7.62. The van der Waals surface area contributed by atoms with Gasteiger partial charge in [0.25, 0.3) is 0 Å². The molecule has 2 aromatic heterocycles. The minimum Gasteiger partial charge on any atom is -0.396 e. The number of anilines is 3. The molecular formula is C32H37N9O2. The van der Waals surface area contributed by atoms with E-state index in [1.54, 1.807) is 4.68 Å². The van der Waals surface area contributed by atoms with Crippen LogP contribution in [-0.4, -0.2) is 56.1 Å². The SMILES string of the molecule is Cn1cc(-c2ccc(N(C(=O)NCc3ccccc3)[C@H]3CC[C@H](Nc4ncc(C#N)c(NCCCO)n4)CC3)cc2)cn1. The minimum absolute atomic E-state index is 0.0238. The van der Waals surface area contributed by atoms with Gasteiger partial charge in [0.15, 0.2) is 0 Å². The molecule has 1 aliphatic rings. The second-order valence-corrected chi connectivity index (χ2v) is 10.7. The van der Waals surface area contributed by atoms with Crippen LogP contribution in [0.5, 0.6) is 0 Å². The number of carbonyl (C=O) groups excluding carboxylic acids is 1. The summed E-state index contributed by atoms with van der Waals surface area (Å²) in [7, 11) is 1.89. The number of hydrogen-bond acceptors (Lipinski definition) is 8. The van der Waals surface area contributed by atoms with Crippen molar-refractivity contribution in [2.75, 3.05) is 28.7 Å². The van der Waals surface area contributed by atoms with Crippen LogP contribution in [0.3, 0.4) is 0 Å². The standard InChI is InChI=1S/C32H37N9O2/c1-40-22-26(21-37-40)24-8-12-28(13-9-24)41(32(43)36-19-23-6-3-2-4-7-23)29-14-10-27(11-15-29)38-31-35-20-25(18-33)30(39-31)34-16-5-17-42/h2-4,6-9,12-13,20-22,27,29,42H,5,10-11,14-17,19H2,1H3,(H,36,43)(H2,34,35,38,39)/t27-,29-. The van der Waals surface area contributed by atoms with Gasteiger partial charge in [0.05, 0.1) is 12.4 Å². The summed E-state index contributed by atoms with van der Waals surface area (Å²) in [5, 5.41) is 32.4. The number of aryl methyl sites for hydroxylation is 1.